The molecule has 1 atom stereocenters. The zero-order valence-corrected chi connectivity index (χ0v) is 16.3. The lowest BCUT2D eigenvalue weighted by molar-refractivity contribution is -0.121. The Labute approximate surface area is 161 Å². The predicted molar refractivity (Wildman–Crippen MR) is 105 cm³/mol. The van der Waals surface area contributed by atoms with E-state index in [-0.39, 0.29) is 17.8 Å². The number of aliphatic imine (C=N–C) groups is 1. The standard InChI is InChI=1S/C20H31FN4O2/c1-15(27-18-10-8-16(21)9-11-18)14-24-20(22-2)23-13-12-19(26)25-17-6-4-3-5-7-17/h8-11,15,17H,3-7,12-14H2,1-2H3,(H,25,26)(H2,22,23,24). The molecule has 0 aliphatic heterocycles. The molecular weight excluding hydrogens is 347 g/mol. The second kappa shape index (κ2) is 11.4. The molecule has 1 aromatic carbocycles. The van der Waals surface area contributed by atoms with Crippen molar-refractivity contribution in [3.05, 3.63) is 30.1 Å². The van der Waals surface area contributed by atoms with Crippen molar-refractivity contribution in [2.24, 2.45) is 4.99 Å². The largest absolute Gasteiger partial charge is 0.489 e. The number of nitrogens with one attached hydrogen (secondary N) is 3. The van der Waals surface area contributed by atoms with Gasteiger partial charge < -0.3 is 20.7 Å². The zero-order chi connectivity index (χ0) is 19.5. The highest BCUT2D eigenvalue weighted by molar-refractivity contribution is 5.81. The van der Waals surface area contributed by atoms with E-state index < -0.39 is 0 Å². The monoisotopic (exact) mass is 378 g/mol. The molecule has 0 spiro atoms. The molecule has 3 N–H and O–H groups in total. The van der Waals surface area contributed by atoms with E-state index in [4.69, 9.17) is 4.74 Å². The first kappa shape index (κ1) is 21.0. The summed E-state index contributed by atoms with van der Waals surface area (Å²) < 4.78 is 18.6. The second-order valence-electron chi connectivity index (χ2n) is 6.91. The van der Waals surface area contributed by atoms with E-state index in [0.29, 0.717) is 37.3 Å². The molecule has 27 heavy (non-hydrogen) atoms. The van der Waals surface area contributed by atoms with Gasteiger partial charge in [0.15, 0.2) is 5.96 Å². The van der Waals surface area contributed by atoms with Crippen molar-refractivity contribution in [1.82, 2.24) is 16.0 Å². The van der Waals surface area contributed by atoms with Crippen LogP contribution in [0, 0.1) is 5.82 Å². The van der Waals surface area contributed by atoms with Crippen molar-refractivity contribution in [1.29, 1.82) is 0 Å². The van der Waals surface area contributed by atoms with Crippen LogP contribution in [0.25, 0.3) is 0 Å². The molecule has 150 valence electrons. The number of guanidine groups is 1. The van der Waals surface area contributed by atoms with Crippen LogP contribution in [0.15, 0.2) is 29.3 Å². The van der Waals surface area contributed by atoms with E-state index in [9.17, 15) is 9.18 Å². The Morgan fingerprint density at radius 1 is 1.22 bits per heavy atom. The van der Waals surface area contributed by atoms with Gasteiger partial charge in [-0.1, -0.05) is 19.3 Å². The molecule has 1 saturated carbocycles. The molecule has 7 heteroatoms. The lowest BCUT2D eigenvalue weighted by Crippen LogP contribution is -2.43. The number of amides is 1. The fourth-order valence-electron chi connectivity index (χ4n) is 3.09. The summed E-state index contributed by atoms with van der Waals surface area (Å²) in [6, 6.07) is 6.28. The Morgan fingerprint density at radius 3 is 2.59 bits per heavy atom. The Kier molecular flexibility index (Phi) is 8.87. The lowest BCUT2D eigenvalue weighted by Gasteiger charge is -2.23. The first-order valence-electron chi connectivity index (χ1n) is 9.73. The molecule has 0 aromatic heterocycles. The maximum atomic E-state index is 12.9. The van der Waals surface area contributed by atoms with Gasteiger partial charge in [0.2, 0.25) is 5.91 Å². The molecule has 1 aliphatic carbocycles. The molecular formula is C20H31FN4O2. The number of hydrogen-bond acceptors (Lipinski definition) is 3. The molecule has 1 unspecified atom stereocenters. The van der Waals surface area contributed by atoms with Crippen molar-refractivity contribution in [2.45, 2.75) is 57.6 Å². The summed E-state index contributed by atoms with van der Waals surface area (Å²) in [6.07, 6.45) is 6.17. The van der Waals surface area contributed by atoms with Gasteiger partial charge in [0.25, 0.3) is 0 Å². The molecule has 1 aliphatic rings. The average Bonchev–Trinajstić information content (AvgIpc) is 2.67. The van der Waals surface area contributed by atoms with Crippen LogP contribution in [-0.2, 0) is 4.79 Å². The minimum absolute atomic E-state index is 0.0814. The van der Waals surface area contributed by atoms with Gasteiger partial charge in [-0.2, -0.15) is 0 Å². The highest BCUT2D eigenvalue weighted by Crippen LogP contribution is 2.17. The number of hydrogen-bond donors (Lipinski definition) is 3. The van der Waals surface area contributed by atoms with Crippen LogP contribution >= 0.6 is 0 Å². The van der Waals surface area contributed by atoms with Crippen LogP contribution in [0.1, 0.15) is 45.4 Å². The van der Waals surface area contributed by atoms with Crippen molar-refractivity contribution in [3.8, 4) is 5.75 Å². The van der Waals surface area contributed by atoms with Crippen LogP contribution in [0.4, 0.5) is 4.39 Å². The highest BCUT2D eigenvalue weighted by Gasteiger charge is 2.15. The molecule has 0 bridgehead atoms. The first-order chi connectivity index (χ1) is 13.1. The summed E-state index contributed by atoms with van der Waals surface area (Å²) >= 11 is 0. The van der Waals surface area contributed by atoms with E-state index in [1.165, 1.54) is 31.4 Å². The Bertz CT molecular complexity index is 601. The number of halogens is 1. The fraction of sp³-hybridized carbons (Fsp3) is 0.600. The third-order valence-corrected chi connectivity index (χ3v) is 4.55. The summed E-state index contributed by atoms with van der Waals surface area (Å²) in [7, 11) is 1.68. The van der Waals surface area contributed by atoms with Gasteiger partial charge >= 0.3 is 0 Å². The van der Waals surface area contributed by atoms with Crippen molar-refractivity contribution in [2.75, 3.05) is 20.1 Å². The van der Waals surface area contributed by atoms with Crippen molar-refractivity contribution in [3.63, 3.8) is 0 Å². The van der Waals surface area contributed by atoms with Crippen LogP contribution in [0.2, 0.25) is 0 Å². The molecule has 1 amide bonds. The van der Waals surface area contributed by atoms with Gasteiger partial charge in [0.05, 0.1) is 6.54 Å². The Morgan fingerprint density at radius 2 is 1.93 bits per heavy atom. The SMILES string of the molecule is CN=C(NCCC(=O)NC1CCCCC1)NCC(C)Oc1ccc(F)cc1. The fourth-order valence-corrected chi connectivity index (χ4v) is 3.09. The van der Waals surface area contributed by atoms with Gasteiger partial charge in [0.1, 0.15) is 17.7 Å². The number of rotatable bonds is 8. The van der Waals surface area contributed by atoms with Crippen LogP contribution in [0.3, 0.4) is 0 Å². The first-order valence-corrected chi connectivity index (χ1v) is 9.73. The highest BCUT2D eigenvalue weighted by atomic mass is 19.1. The molecule has 6 nitrogen and oxygen atoms in total. The lowest BCUT2D eigenvalue weighted by atomic mass is 9.95. The number of ether oxygens (including phenoxy) is 1. The predicted octanol–water partition coefficient (Wildman–Crippen LogP) is 2.60. The summed E-state index contributed by atoms with van der Waals surface area (Å²) in [5.41, 5.74) is 0. The van der Waals surface area contributed by atoms with E-state index in [0.717, 1.165) is 12.8 Å². The summed E-state index contributed by atoms with van der Waals surface area (Å²) in [5.74, 6) is 1.03. The van der Waals surface area contributed by atoms with Crippen molar-refractivity contribution >= 4 is 11.9 Å². The number of carbonyl (C=O) groups excluding carboxylic acids is 1. The molecule has 0 radical (unpaired) electrons. The van der Waals surface area contributed by atoms with Gasteiger partial charge in [-0.15, -0.1) is 0 Å². The second-order valence-corrected chi connectivity index (χ2v) is 6.91. The smallest absolute Gasteiger partial charge is 0.221 e. The molecule has 0 saturated heterocycles. The summed E-state index contributed by atoms with van der Waals surface area (Å²) in [4.78, 5) is 16.2. The van der Waals surface area contributed by atoms with Gasteiger partial charge in [-0.3, -0.25) is 9.79 Å². The number of carbonyl (C=O) groups is 1. The Hall–Kier alpha value is -2.31. The number of nitrogens with zero attached hydrogens (tertiary/aromatic N) is 1. The maximum absolute atomic E-state index is 12.9. The zero-order valence-electron chi connectivity index (χ0n) is 16.3. The van der Waals surface area contributed by atoms with E-state index in [1.54, 1.807) is 19.2 Å². The van der Waals surface area contributed by atoms with E-state index in [1.807, 2.05) is 6.92 Å². The van der Waals surface area contributed by atoms with E-state index in [2.05, 4.69) is 20.9 Å². The summed E-state index contributed by atoms with van der Waals surface area (Å²) in [6.45, 7) is 2.97. The average molecular weight is 378 g/mol. The van der Waals surface area contributed by atoms with Crippen LogP contribution < -0.4 is 20.7 Å². The minimum atomic E-state index is -0.287. The number of benzene rings is 1. The molecule has 0 heterocycles. The quantitative estimate of drug-likeness (QED) is 0.480. The topological polar surface area (TPSA) is 74.8 Å². The van der Waals surface area contributed by atoms with Crippen molar-refractivity contribution < 1.29 is 13.9 Å². The van der Waals surface area contributed by atoms with Crippen LogP contribution in [-0.4, -0.2) is 44.1 Å². The third kappa shape index (κ3) is 8.28. The minimum Gasteiger partial charge on any atom is -0.489 e. The van der Waals surface area contributed by atoms with Crippen LogP contribution in [0.5, 0.6) is 5.75 Å². The third-order valence-electron chi connectivity index (χ3n) is 4.55. The summed E-state index contributed by atoms with van der Waals surface area (Å²) in [5, 5.41) is 9.41. The normalized spacial score (nSPS) is 16.5. The maximum Gasteiger partial charge on any atom is 0.221 e. The van der Waals surface area contributed by atoms with E-state index >= 15 is 0 Å². The van der Waals surface area contributed by atoms with Gasteiger partial charge in [-0.05, 0) is 44.0 Å². The van der Waals surface area contributed by atoms with Gasteiger partial charge in [0, 0.05) is 26.1 Å². The molecule has 2 rings (SSSR count). The Balaban J connectivity index is 1.61. The van der Waals surface area contributed by atoms with Gasteiger partial charge in [-0.25, -0.2) is 4.39 Å². The molecule has 1 aromatic rings. The molecule has 1 fully saturated rings.